The number of aliphatic hydroxyl groups excluding tert-OH is 1. The Bertz CT molecular complexity index is 322. The van der Waals surface area contributed by atoms with Crippen molar-refractivity contribution in [3.05, 3.63) is 33.8 Å². The highest BCUT2D eigenvalue weighted by atomic mass is 79.9. The van der Waals surface area contributed by atoms with Crippen molar-refractivity contribution >= 4 is 15.9 Å². The van der Waals surface area contributed by atoms with Crippen LogP contribution in [0.3, 0.4) is 0 Å². The standard InChI is InChI=1S/C11H13BrO/c1-7-10(13)6-5-8-3-2-4-9(12)11(7)8/h2-4,7,10,13H,5-6H2,1H3. The molecule has 1 nitrogen and oxygen atoms in total. The Morgan fingerprint density at radius 1 is 1.46 bits per heavy atom. The Hall–Kier alpha value is -0.340. The van der Waals surface area contributed by atoms with E-state index in [1.165, 1.54) is 11.1 Å². The summed E-state index contributed by atoms with van der Waals surface area (Å²) in [6.07, 6.45) is 1.72. The molecule has 0 heterocycles. The first-order valence-electron chi connectivity index (χ1n) is 4.65. The lowest BCUT2D eigenvalue weighted by molar-refractivity contribution is 0.132. The van der Waals surface area contributed by atoms with Gasteiger partial charge in [0.25, 0.3) is 0 Å². The second-order valence-electron chi connectivity index (χ2n) is 3.71. The number of benzene rings is 1. The third-order valence-corrected chi connectivity index (χ3v) is 3.58. The zero-order valence-corrected chi connectivity index (χ0v) is 9.21. The molecule has 2 rings (SSSR count). The molecule has 0 saturated carbocycles. The third-order valence-electron chi connectivity index (χ3n) is 2.89. The van der Waals surface area contributed by atoms with Crippen molar-refractivity contribution in [3.8, 4) is 0 Å². The molecule has 0 bridgehead atoms. The number of aryl methyl sites for hydroxylation is 1. The predicted molar refractivity (Wildman–Crippen MR) is 56.9 cm³/mol. The quantitative estimate of drug-likeness (QED) is 0.740. The summed E-state index contributed by atoms with van der Waals surface area (Å²) < 4.78 is 1.14. The third kappa shape index (κ3) is 1.53. The maximum absolute atomic E-state index is 9.73. The highest BCUT2D eigenvalue weighted by molar-refractivity contribution is 9.10. The molecule has 0 spiro atoms. The van der Waals surface area contributed by atoms with Gasteiger partial charge in [0.15, 0.2) is 0 Å². The SMILES string of the molecule is CC1c2c(Br)cccc2CCC1O. The van der Waals surface area contributed by atoms with Crippen LogP contribution in [0.1, 0.15) is 30.4 Å². The predicted octanol–water partition coefficient (Wildman–Crippen LogP) is 2.86. The van der Waals surface area contributed by atoms with Gasteiger partial charge in [0.2, 0.25) is 0 Å². The Morgan fingerprint density at radius 2 is 2.23 bits per heavy atom. The van der Waals surface area contributed by atoms with Gasteiger partial charge in [-0.15, -0.1) is 0 Å². The number of halogens is 1. The van der Waals surface area contributed by atoms with Crippen molar-refractivity contribution in [2.24, 2.45) is 0 Å². The molecule has 0 amide bonds. The Balaban J connectivity index is 2.51. The van der Waals surface area contributed by atoms with Crippen LogP contribution in [0.25, 0.3) is 0 Å². The van der Waals surface area contributed by atoms with Gasteiger partial charge in [-0.1, -0.05) is 35.0 Å². The van der Waals surface area contributed by atoms with Crippen molar-refractivity contribution in [3.63, 3.8) is 0 Å². The van der Waals surface area contributed by atoms with Crippen LogP contribution >= 0.6 is 15.9 Å². The van der Waals surface area contributed by atoms with Gasteiger partial charge < -0.3 is 5.11 Å². The highest BCUT2D eigenvalue weighted by Crippen LogP contribution is 2.36. The van der Waals surface area contributed by atoms with E-state index < -0.39 is 0 Å². The van der Waals surface area contributed by atoms with Gasteiger partial charge in [-0.25, -0.2) is 0 Å². The molecule has 1 aliphatic rings. The van der Waals surface area contributed by atoms with Gasteiger partial charge in [-0.05, 0) is 30.0 Å². The second kappa shape index (κ2) is 3.43. The van der Waals surface area contributed by atoms with E-state index in [4.69, 9.17) is 0 Å². The minimum absolute atomic E-state index is 0.175. The van der Waals surface area contributed by atoms with Crippen molar-refractivity contribution in [2.45, 2.75) is 31.8 Å². The second-order valence-corrected chi connectivity index (χ2v) is 4.56. The summed E-state index contributed by atoms with van der Waals surface area (Å²) in [7, 11) is 0. The van der Waals surface area contributed by atoms with Crippen LogP contribution in [0.15, 0.2) is 22.7 Å². The summed E-state index contributed by atoms with van der Waals surface area (Å²) >= 11 is 3.54. The lowest BCUT2D eigenvalue weighted by atomic mass is 9.82. The van der Waals surface area contributed by atoms with Crippen LogP contribution < -0.4 is 0 Å². The molecule has 0 aliphatic heterocycles. The Kier molecular flexibility index (Phi) is 2.43. The first-order valence-corrected chi connectivity index (χ1v) is 5.45. The zero-order chi connectivity index (χ0) is 9.42. The molecule has 1 aromatic rings. The molecule has 0 saturated heterocycles. The van der Waals surface area contributed by atoms with Gasteiger partial charge in [0.05, 0.1) is 6.10 Å². The minimum atomic E-state index is -0.175. The molecule has 0 aromatic heterocycles. The summed E-state index contributed by atoms with van der Waals surface area (Å²) in [5.41, 5.74) is 2.67. The van der Waals surface area contributed by atoms with Gasteiger partial charge >= 0.3 is 0 Å². The normalized spacial score (nSPS) is 27.0. The lowest BCUT2D eigenvalue weighted by Crippen LogP contribution is -2.23. The molecule has 70 valence electrons. The van der Waals surface area contributed by atoms with Crippen LogP contribution in [0.4, 0.5) is 0 Å². The van der Waals surface area contributed by atoms with Crippen molar-refractivity contribution in [2.75, 3.05) is 0 Å². The summed E-state index contributed by atoms with van der Waals surface area (Å²) in [5, 5.41) is 9.73. The fourth-order valence-electron chi connectivity index (χ4n) is 2.06. The highest BCUT2D eigenvalue weighted by Gasteiger charge is 2.25. The minimum Gasteiger partial charge on any atom is -0.392 e. The van der Waals surface area contributed by atoms with E-state index in [0.29, 0.717) is 0 Å². The van der Waals surface area contributed by atoms with Crippen molar-refractivity contribution < 1.29 is 5.11 Å². The van der Waals surface area contributed by atoms with E-state index in [9.17, 15) is 5.11 Å². The van der Waals surface area contributed by atoms with E-state index in [1.807, 2.05) is 6.07 Å². The van der Waals surface area contributed by atoms with Crippen LogP contribution in [0.5, 0.6) is 0 Å². The van der Waals surface area contributed by atoms with E-state index >= 15 is 0 Å². The van der Waals surface area contributed by atoms with Crippen molar-refractivity contribution in [1.82, 2.24) is 0 Å². The molecule has 1 N–H and O–H groups in total. The molecular weight excluding hydrogens is 228 g/mol. The van der Waals surface area contributed by atoms with Crippen LogP contribution in [0, 0.1) is 0 Å². The molecule has 1 aliphatic carbocycles. The number of fused-ring (bicyclic) bond motifs is 1. The van der Waals surface area contributed by atoms with Crippen LogP contribution in [-0.4, -0.2) is 11.2 Å². The maximum Gasteiger partial charge on any atom is 0.0609 e. The molecule has 2 unspecified atom stereocenters. The molecule has 13 heavy (non-hydrogen) atoms. The monoisotopic (exact) mass is 240 g/mol. The van der Waals surface area contributed by atoms with Gasteiger partial charge in [-0.3, -0.25) is 0 Å². The fraction of sp³-hybridized carbons (Fsp3) is 0.455. The van der Waals surface area contributed by atoms with E-state index in [1.54, 1.807) is 0 Å². The summed E-state index contributed by atoms with van der Waals surface area (Å²) in [6, 6.07) is 6.27. The summed E-state index contributed by atoms with van der Waals surface area (Å²) in [6.45, 7) is 2.09. The summed E-state index contributed by atoms with van der Waals surface area (Å²) in [5.74, 6) is 0.263. The first-order chi connectivity index (χ1) is 6.20. The zero-order valence-electron chi connectivity index (χ0n) is 7.63. The lowest BCUT2D eigenvalue weighted by Gasteiger charge is -2.28. The van der Waals surface area contributed by atoms with Crippen LogP contribution in [-0.2, 0) is 6.42 Å². The van der Waals surface area contributed by atoms with Crippen molar-refractivity contribution in [1.29, 1.82) is 0 Å². The van der Waals surface area contributed by atoms with E-state index in [-0.39, 0.29) is 12.0 Å². The number of aliphatic hydroxyl groups is 1. The molecule has 2 heteroatoms. The largest absolute Gasteiger partial charge is 0.392 e. The molecular formula is C11H13BrO. The van der Waals surface area contributed by atoms with Gasteiger partial charge in [0, 0.05) is 10.4 Å². The summed E-state index contributed by atoms with van der Waals surface area (Å²) in [4.78, 5) is 0. The van der Waals surface area contributed by atoms with E-state index in [2.05, 4.69) is 35.0 Å². The number of rotatable bonds is 0. The molecule has 0 radical (unpaired) electrons. The Labute approximate surface area is 86.9 Å². The number of hydrogen-bond donors (Lipinski definition) is 1. The maximum atomic E-state index is 9.73. The molecule has 2 atom stereocenters. The molecule has 1 aromatic carbocycles. The van der Waals surface area contributed by atoms with Crippen LogP contribution in [0.2, 0.25) is 0 Å². The topological polar surface area (TPSA) is 20.2 Å². The van der Waals surface area contributed by atoms with Gasteiger partial charge in [0.1, 0.15) is 0 Å². The van der Waals surface area contributed by atoms with E-state index in [0.717, 1.165) is 17.3 Å². The van der Waals surface area contributed by atoms with Gasteiger partial charge in [-0.2, -0.15) is 0 Å². The first kappa shape index (κ1) is 9.22. The average Bonchev–Trinajstić information content (AvgIpc) is 2.12. The molecule has 0 fully saturated rings. The Morgan fingerprint density at radius 3 is 3.00 bits per heavy atom. The smallest absolute Gasteiger partial charge is 0.0609 e. The average molecular weight is 241 g/mol. The fourth-order valence-corrected chi connectivity index (χ4v) is 2.82. The number of hydrogen-bond acceptors (Lipinski definition) is 1.